The van der Waals surface area contributed by atoms with Gasteiger partial charge in [-0.3, -0.25) is 52.7 Å². The van der Waals surface area contributed by atoms with E-state index in [0.29, 0.717) is 25.8 Å². The second-order valence-corrected chi connectivity index (χ2v) is 19.9. The van der Waals surface area contributed by atoms with Crippen molar-refractivity contribution in [2.24, 2.45) is 17.4 Å². The molecule has 28 heteroatoms. The van der Waals surface area contributed by atoms with Crippen molar-refractivity contribution in [2.45, 2.75) is 152 Å². The van der Waals surface area contributed by atoms with Gasteiger partial charge in [0.2, 0.25) is 59.1 Å². The molecular weight excluding hydrogens is 1020 g/mol. The van der Waals surface area contributed by atoms with E-state index in [1.165, 1.54) is 11.8 Å². The van der Waals surface area contributed by atoms with Crippen LogP contribution in [0.4, 0.5) is 0 Å². The zero-order valence-corrected chi connectivity index (χ0v) is 44.0. The second-order valence-electron chi connectivity index (χ2n) is 19.9. The minimum Gasteiger partial charge on any atom is -0.481 e. The third-order valence-electron chi connectivity index (χ3n) is 13.1. The fourth-order valence-electron chi connectivity index (χ4n) is 8.97. The van der Waals surface area contributed by atoms with E-state index in [2.05, 4.69) is 52.8 Å². The number of carboxylic acid groups (broad SMARTS) is 2. The number of benzene rings is 1. The van der Waals surface area contributed by atoms with Gasteiger partial charge in [-0.05, 0) is 95.2 Å². The third kappa shape index (κ3) is 20.0. The van der Waals surface area contributed by atoms with Gasteiger partial charge in [-0.2, -0.15) is 0 Å². The van der Waals surface area contributed by atoms with Crippen molar-refractivity contribution in [3.05, 3.63) is 36.0 Å². The van der Waals surface area contributed by atoms with Gasteiger partial charge in [-0.25, -0.2) is 4.79 Å². The summed E-state index contributed by atoms with van der Waals surface area (Å²) in [6, 6.07) is -3.25. The number of aliphatic carboxylic acids is 2. The zero-order valence-electron chi connectivity index (χ0n) is 44.0. The highest BCUT2D eigenvalue weighted by atomic mass is 16.4. The van der Waals surface area contributed by atoms with Crippen molar-refractivity contribution < 1.29 is 72.9 Å². The summed E-state index contributed by atoms with van der Waals surface area (Å²) >= 11 is 0. The lowest BCUT2D eigenvalue weighted by Gasteiger charge is -2.27. The molecule has 0 aliphatic carbocycles. The van der Waals surface area contributed by atoms with E-state index in [9.17, 15) is 72.9 Å². The lowest BCUT2D eigenvalue weighted by molar-refractivity contribution is -0.144. The van der Waals surface area contributed by atoms with Crippen LogP contribution in [0.15, 0.2) is 30.5 Å². The number of H-pyrrole nitrogens is 1. The molecule has 9 atom stereocenters. The van der Waals surface area contributed by atoms with Gasteiger partial charge in [-0.1, -0.05) is 32.0 Å². The first-order chi connectivity index (χ1) is 37.0. The Morgan fingerprint density at radius 3 is 2.03 bits per heavy atom. The Kier molecular flexibility index (Phi) is 24.9. The fourth-order valence-corrected chi connectivity index (χ4v) is 8.97. The molecular formula is C50H75N13O15. The summed E-state index contributed by atoms with van der Waals surface area (Å²) in [5.41, 5.74) is 12.3. The van der Waals surface area contributed by atoms with Crippen molar-refractivity contribution in [1.82, 2.24) is 57.7 Å². The average Bonchev–Trinajstić information content (AvgIpc) is 4.17. The highest BCUT2D eigenvalue weighted by Gasteiger charge is 2.37. The largest absolute Gasteiger partial charge is 0.481 e. The predicted molar refractivity (Wildman–Crippen MR) is 278 cm³/mol. The molecule has 1 aromatic heterocycles. The Hall–Kier alpha value is -7.72. The average molecular weight is 1100 g/mol. The van der Waals surface area contributed by atoms with Crippen LogP contribution in [0.2, 0.25) is 0 Å². The first kappa shape index (κ1) is 62.8. The summed E-state index contributed by atoms with van der Waals surface area (Å²) in [7, 11) is 0. The van der Waals surface area contributed by atoms with E-state index >= 15 is 0 Å². The van der Waals surface area contributed by atoms with Gasteiger partial charge in [-0.15, -0.1) is 0 Å². The van der Waals surface area contributed by atoms with Crippen molar-refractivity contribution >= 4 is 81.9 Å². The maximum absolute atomic E-state index is 14.4. The molecule has 0 unspecified atom stereocenters. The van der Waals surface area contributed by atoms with Crippen molar-refractivity contribution in [1.29, 1.82) is 0 Å². The summed E-state index contributed by atoms with van der Waals surface area (Å²) in [6.45, 7) is 4.33. The number of β-amino-alcohol motifs (C(OH)–C–C–N with tert-alkyl or cyclic N) is 1. The molecule has 2 fully saturated rings. The number of rotatable bonds is 32. The van der Waals surface area contributed by atoms with Crippen LogP contribution in [0.25, 0.3) is 10.9 Å². The standard InChI is InChI=1S/C50H75N13O15/c1-26(2)19-36(47(74)57-27(3)43(70)56-25-41(67)63-18-8-12-38(63)49(76)60-34(50(77)78)11-6-7-17-51)61-46(73)33(14-13-28-22-53-31-10-5-4-9-30(28)31)59-48(75)37(21-42(68)69)62-45(72)32(15-16-39(52)65)58-40(66)24-55-44(71)35-20-29(64)23-54-35/h4-5,9-10,22,26-27,29,32-38,53-54,64H,6-8,11-21,23-25,51H2,1-3H3,(H2,52,65)(H,55,71)(H,56,70)(H,57,74)(H,58,66)(H,59,75)(H,60,76)(H,61,73)(H,62,72)(H,68,69)(H,77,78)/t27-,29+,32-,33-,34-,35-,36-,37-,38-/m0/s1. The first-order valence-electron chi connectivity index (χ1n) is 26.0. The number of primary amides is 1. The van der Waals surface area contributed by atoms with Crippen LogP contribution in [-0.4, -0.2) is 183 Å². The number of nitrogens with one attached hydrogen (secondary N) is 10. The summed E-state index contributed by atoms with van der Waals surface area (Å²) in [5.74, 6) is -11.5. The molecule has 17 N–H and O–H groups in total. The molecule has 28 nitrogen and oxygen atoms in total. The first-order valence-corrected chi connectivity index (χ1v) is 26.0. The highest BCUT2D eigenvalue weighted by molar-refractivity contribution is 5.99. The summed E-state index contributed by atoms with van der Waals surface area (Å²) in [4.78, 5) is 161. The smallest absolute Gasteiger partial charge is 0.326 e. The van der Waals surface area contributed by atoms with Crippen LogP contribution in [-0.2, 0) is 64.0 Å². The van der Waals surface area contributed by atoms with E-state index in [-0.39, 0.29) is 57.5 Å². The molecule has 10 amide bonds. The molecule has 0 spiro atoms. The van der Waals surface area contributed by atoms with Crippen LogP contribution >= 0.6 is 0 Å². The van der Waals surface area contributed by atoms with E-state index in [1.54, 1.807) is 26.1 Å². The quantitative estimate of drug-likeness (QED) is 0.0310. The number of hydrogen-bond donors (Lipinski definition) is 15. The molecule has 78 heavy (non-hydrogen) atoms. The van der Waals surface area contributed by atoms with E-state index in [0.717, 1.165) is 16.5 Å². The number of carbonyl (C=O) groups excluding carboxylic acids is 10. The van der Waals surface area contributed by atoms with Crippen LogP contribution in [0.3, 0.4) is 0 Å². The number of amides is 10. The van der Waals surface area contributed by atoms with Gasteiger partial charge < -0.3 is 84.5 Å². The number of aryl methyl sites for hydroxylation is 1. The van der Waals surface area contributed by atoms with Crippen LogP contribution < -0.4 is 59.3 Å². The number of para-hydroxylation sites is 1. The van der Waals surface area contributed by atoms with Crippen molar-refractivity contribution in [3.8, 4) is 0 Å². The number of aliphatic hydroxyl groups is 1. The number of nitrogens with two attached hydrogens (primary N) is 2. The number of carbonyl (C=O) groups is 12. The molecule has 430 valence electrons. The summed E-state index contributed by atoms with van der Waals surface area (Å²) < 4.78 is 0. The fraction of sp³-hybridized carbons (Fsp3) is 0.600. The zero-order chi connectivity index (χ0) is 57.6. The molecule has 0 bridgehead atoms. The van der Waals surface area contributed by atoms with E-state index in [1.807, 2.05) is 18.2 Å². The SMILES string of the molecule is CC(C)C[C@H](NC(=O)[C@H](CCc1c[nH]c2ccccc12)NC(=O)[C@H](CC(=O)O)NC(=O)[C@H](CCC(N)=O)NC(=O)CNC(=O)[C@@H]1C[C@@H](O)CN1)C(=O)N[C@@H](C)C(=O)NCC(=O)N1CCC[C@H]1C(=O)N[C@@H](CCCCN)C(=O)O. The molecule has 0 radical (unpaired) electrons. The Balaban J connectivity index is 1.47. The molecule has 2 aliphatic rings. The lowest BCUT2D eigenvalue weighted by atomic mass is 10.00. The molecule has 2 aromatic rings. The predicted octanol–water partition coefficient (Wildman–Crippen LogP) is -4.02. The number of fused-ring (bicyclic) bond motifs is 1. The highest BCUT2D eigenvalue weighted by Crippen LogP contribution is 2.21. The molecule has 3 heterocycles. The Bertz CT molecular complexity index is 2490. The van der Waals surface area contributed by atoms with Crippen LogP contribution in [0.1, 0.15) is 97.0 Å². The minimum absolute atomic E-state index is 0.0159. The number of aromatic amines is 1. The van der Waals surface area contributed by atoms with Gasteiger partial charge in [0.05, 0.1) is 31.7 Å². The van der Waals surface area contributed by atoms with Gasteiger partial charge in [0.25, 0.3) is 0 Å². The summed E-state index contributed by atoms with van der Waals surface area (Å²) in [6.07, 6.45) is 1.07. The van der Waals surface area contributed by atoms with Gasteiger partial charge in [0.15, 0.2) is 0 Å². The molecule has 2 aliphatic heterocycles. The number of unbranched alkanes of at least 4 members (excludes halogenated alkanes) is 1. The van der Waals surface area contributed by atoms with E-state index in [4.69, 9.17) is 11.5 Å². The molecule has 1 aromatic carbocycles. The number of aromatic nitrogens is 1. The maximum Gasteiger partial charge on any atom is 0.326 e. The van der Waals surface area contributed by atoms with Gasteiger partial charge in [0, 0.05) is 36.6 Å². The van der Waals surface area contributed by atoms with Crippen molar-refractivity contribution in [3.63, 3.8) is 0 Å². The summed E-state index contributed by atoms with van der Waals surface area (Å²) in [5, 5.41) is 52.4. The van der Waals surface area contributed by atoms with Crippen LogP contribution in [0.5, 0.6) is 0 Å². The topological polar surface area (TPSA) is 445 Å². The lowest BCUT2D eigenvalue weighted by Crippen LogP contribution is -2.59. The van der Waals surface area contributed by atoms with Crippen LogP contribution in [0, 0.1) is 5.92 Å². The molecule has 0 saturated carbocycles. The third-order valence-corrected chi connectivity index (χ3v) is 13.1. The minimum atomic E-state index is -1.89. The van der Waals surface area contributed by atoms with Gasteiger partial charge >= 0.3 is 11.9 Å². The Labute approximate surface area is 449 Å². The Morgan fingerprint density at radius 1 is 0.731 bits per heavy atom. The maximum atomic E-state index is 14.4. The number of hydrogen-bond acceptors (Lipinski definition) is 15. The molecule has 2 saturated heterocycles. The second kappa shape index (κ2) is 30.9. The number of nitrogens with zero attached hydrogens (tertiary/aromatic N) is 1. The monoisotopic (exact) mass is 1100 g/mol. The number of carboxylic acids is 2. The Morgan fingerprint density at radius 2 is 1.38 bits per heavy atom. The van der Waals surface area contributed by atoms with E-state index < -0.39 is 158 Å². The number of aliphatic hydroxyl groups excluding tert-OH is 1. The normalized spacial score (nSPS) is 18.3. The number of likely N-dealkylation sites (tertiary alicyclic amines) is 1. The van der Waals surface area contributed by atoms with Gasteiger partial charge in [0.1, 0.15) is 42.3 Å². The molecule has 4 rings (SSSR count). The van der Waals surface area contributed by atoms with Crippen molar-refractivity contribution in [2.75, 3.05) is 32.7 Å².